The van der Waals surface area contributed by atoms with Crippen molar-refractivity contribution in [1.29, 1.82) is 0 Å². The first-order valence-electron chi connectivity index (χ1n) is 13.6. The Balaban J connectivity index is 1.35. The molecule has 0 N–H and O–H groups in total. The number of rotatable bonds is 7. The number of benzene rings is 6. The molecule has 0 aromatic heterocycles. The van der Waals surface area contributed by atoms with Crippen LogP contribution in [0.15, 0.2) is 151 Å². The van der Waals surface area contributed by atoms with Crippen molar-refractivity contribution in [2.45, 2.75) is 13.8 Å². The van der Waals surface area contributed by atoms with Gasteiger partial charge in [-0.15, -0.1) is 0 Å². The highest BCUT2D eigenvalue weighted by atomic mass is 15.5. The fraction of sp³-hybridized carbons (Fsp3) is 0.0541. The third kappa shape index (κ3) is 5.36. The lowest BCUT2D eigenvalue weighted by atomic mass is 10.1. The van der Waals surface area contributed by atoms with Gasteiger partial charge in [0, 0.05) is 22.4 Å². The fourth-order valence-electron chi connectivity index (χ4n) is 4.90. The largest absolute Gasteiger partial charge is 0.311 e. The van der Waals surface area contributed by atoms with Gasteiger partial charge in [-0.1, -0.05) is 102 Å². The fourth-order valence-corrected chi connectivity index (χ4v) is 4.90. The van der Waals surface area contributed by atoms with E-state index in [9.17, 15) is 0 Å². The highest BCUT2D eigenvalue weighted by molar-refractivity contribution is 5.96. The van der Waals surface area contributed by atoms with Gasteiger partial charge in [-0.05, 0) is 79.4 Å². The minimum Gasteiger partial charge on any atom is -0.311 e. The number of anilines is 5. The van der Waals surface area contributed by atoms with Crippen LogP contribution in [0.4, 0.5) is 28.4 Å². The zero-order valence-electron chi connectivity index (χ0n) is 22.8. The molecule has 6 rings (SSSR count). The number of hydrogen-bond donors (Lipinski definition) is 0. The molecule has 0 saturated carbocycles. The molecule has 0 radical (unpaired) electrons. The number of aryl methyl sites for hydroxylation is 2. The Morgan fingerprint density at radius 1 is 0.475 bits per heavy atom. The van der Waals surface area contributed by atoms with Gasteiger partial charge in [-0.25, -0.2) is 5.01 Å². The summed E-state index contributed by atoms with van der Waals surface area (Å²) in [6.07, 6.45) is 1.93. The van der Waals surface area contributed by atoms with Crippen molar-refractivity contribution in [3.8, 4) is 0 Å². The highest BCUT2D eigenvalue weighted by Gasteiger charge is 2.13. The number of nitrogens with zero attached hydrogens (tertiary/aromatic N) is 3. The molecule has 0 aliphatic heterocycles. The summed E-state index contributed by atoms with van der Waals surface area (Å²) in [4.78, 5) is 2.28. The van der Waals surface area contributed by atoms with Crippen LogP contribution in [-0.4, -0.2) is 6.21 Å². The van der Waals surface area contributed by atoms with E-state index in [-0.39, 0.29) is 0 Å². The Morgan fingerprint density at radius 2 is 1.00 bits per heavy atom. The van der Waals surface area contributed by atoms with Crippen LogP contribution < -0.4 is 9.91 Å². The van der Waals surface area contributed by atoms with Gasteiger partial charge < -0.3 is 4.90 Å². The smallest absolute Gasteiger partial charge is 0.0730 e. The molecule has 0 aliphatic carbocycles. The number of fused-ring (bicyclic) bond motifs is 1. The van der Waals surface area contributed by atoms with E-state index >= 15 is 0 Å². The lowest BCUT2D eigenvalue weighted by Gasteiger charge is -2.26. The van der Waals surface area contributed by atoms with Crippen molar-refractivity contribution in [2.24, 2.45) is 5.10 Å². The van der Waals surface area contributed by atoms with Crippen LogP contribution in [0.5, 0.6) is 0 Å². The minimum absolute atomic E-state index is 1.01. The molecule has 0 saturated heterocycles. The van der Waals surface area contributed by atoms with Gasteiger partial charge in [0.15, 0.2) is 0 Å². The van der Waals surface area contributed by atoms with E-state index in [1.165, 1.54) is 16.5 Å². The van der Waals surface area contributed by atoms with E-state index in [1.54, 1.807) is 0 Å². The van der Waals surface area contributed by atoms with Gasteiger partial charge in [-0.3, -0.25) is 0 Å². The quantitative estimate of drug-likeness (QED) is 0.155. The van der Waals surface area contributed by atoms with Crippen LogP contribution in [-0.2, 0) is 0 Å². The summed E-state index contributed by atoms with van der Waals surface area (Å²) in [5.41, 5.74) is 8.92. The summed E-state index contributed by atoms with van der Waals surface area (Å²) in [5, 5.41) is 9.35. The third-order valence-corrected chi connectivity index (χ3v) is 7.05. The predicted octanol–water partition coefficient (Wildman–Crippen LogP) is 10.1. The molecule has 0 atom stereocenters. The molecule has 194 valence electrons. The lowest BCUT2D eigenvalue weighted by molar-refractivity contribution is 1.10. The summed E-state index contributed by atoms with van der Waals surface area (Å²) in [6.45, 7) is 4.23. The molecule has 3 nitrogen and oxygen atoms in total. The average molecular weight is 518 g/mol. The Bertz CT molecular complexity index is 1690. The van der Waals surface area contributed by atoms with Gasteiger partial charge in [0.2, 0.25) is 0 Å². The molecule has 0 amide bonds. The van der Waals surface area contributed by atoms with Crippen LogP contribution in [0.25, 0.3) is 10.8 Å². The summed E-state index contributed by atoms with van der Waals surface area (Å²) in [5.74, 6) is 0. The standard InChI is InChI=1S/C37H31N3/c1-28-15-21-32(22-16-28)39(33-23-17-29(2)18-24-33)34-25-19-30(20-26-34)27-38-40(35-11-4-3-5-12-35)37-14-8-10-31-9-6-7-13-36(31)37/h3-27H,1-2H3/b38-27+. The Kier molecular flexibility index (Phi) is 7.11. The van der Waals surface area contributed by atoms with Crippen molar-refractivity contribution in [2.75, 3.05) is 9.91 Å². The zero-order chi connectivity index (χ0) is 27.3. The molecule has 0 aliphatic rings. The van der Waals surface area contributed by atoms with Crippen LogP contribution >= 0.6 is 0 Å². The molecule has 6 aromatic carbocycles. The molecule has 3 heteroatoms. The molecule has 6 aromatic rings. The maximum atomic E-state index is 4.99. The maximum Gasteiger partial charge on any atom is 0.0730 e. The minimum atomic E-state index is 1.01. The van der Waals surface area contributed by atoms with Gasteiger partial charge in [0.25, 0.3) is 0 Å². The van der Waals surface area contributed by atoms with Gasteiger partial charge >= 0.3 is 0 Å². The SMILES string of the molecule is Cc1ccc(N(c2ccc(C)cc2)c2ccc(/C=N/N(c3ccccc3)c3cccc4ccccc34)cc2)cc1. The van der Waals surface area contributed by atoms with Crippen LogP contribution in [0.1, 0.15) is 16.7 Å². The maximum absolute atomic E-state index is 4.99. The second kappa shape index (κ2) is 11.3. The molecule has 0 spiro atoms. The van der Waals surface area contributed by atoms with Gasteiger partial charge in [0.1, 0.15) is 0 Å². The van der Waals surface area contributed by atoms with Crippen LogP contribution in [0, 0.1) is 13.8 Å². The monoisotopic (exact) mass is 517 g/mol. The van der Waals surface area contributed by atoms with Crippen LogP contribution in [0.2, 0.25) is 0 Å². The Morgan fingerprint density at radius 3 is 1.62 bits per heavy atom. The number of hydrogen-bond acceptors (Lipinski definition) is 3. The van der Waals surface area contributed by atoms with Crippen molar-refractivity contribution < 1.29 is 0 Å². The zero-order valence-corrected chi connectivity index (χ0v) is 22.8. The van der Waals surface area contributed by atoms with Crippen molar-refractivity contribution in [3.63, 3.8) is 0 Å². The number of para-hydroxylation sites is 1. The Hall–Kier alpha value is -5.15. The molecule has 0 unspecified atom stereocenters. The Labute approximate surface area is 236 Å². The van der Waals surface area contributed by atoms with Crippen molar-refractivity contribution >= 4 is 45.4 Å². The van der Waals surface area contributed by atoms with Crippen LogP contribution in [0.3, 0.4) is 0 Å². The summed E-state index contributed by atoms with van der Waals surface area (Å²) < 4.78 is 0. The predicted molar refractivity (Wildman–Crippen MR) is 171 cm³/mol. The summed E-state index contributed by atoms with van der Waals surface area (Å²) >= 11 is 0. The number of hydrazone groups is 1. The normalized spacial score (nSPS) is 11.2. The summed E-state index contributed by atoms with van der Waals surface area (Å²) in [6, 6.07) is 50.9. The molecule has 40 heavy (non-hydrogen) atoms. The first-order valence-corrected chi connectivity index (χ1v) is 13.6. The molecular formula is C37H31N3. The second-order valence-electron chi connectivity index (χ2n) is 9.99. The molecule has 0 bridgehead atoms. The first-order chi connectivity index (χ1) is 19.7. The molecular weight excluding hydrogens is 486 g/mol. The highest BCUT2D eigenvalue weighted by Crippen LogP contribution is 2.35. The lowest BCUT2D eigenvalue weighted by Crippen LogP contribution is -2.11. The summed E-state index contributed by atoms with van der Waals surface area (Å²) in [7, 11) is 0. The van der Waals surface area contributed by atoms with Gasteiger partial charge in [0.05, 0.1) is 17.6 Å². The van der Waals surface area contributed by atoms with E-state index in [1.807, 2.05) is 29.4 Å². The van der Waals surface area contributed by atoms with E-state index < -0.39 is 0 Å². The van der Waals surface area contributed by atoms with E-state index in [0.717, 1.165) is 39.4 Å². The third-order valence-electron chi connectivity index (χ3n) is 7.05. The first kappa shape index (κ1) is 25.1. The van der Waals surface area contributed by atoms with E-state index in [0.29, 0.717) is 0 Å². The van der Waals surface area contributed by atoms with Crippen molar-refractivity contribution in [1.82, 2.24) is 0 Å². The molecule has 0 fully saturated rings. The van der Waals surface area contributed by atoms with Gasteiger partial charge in [-0.2, -0.15) is 5.10 Å². The molecule has 0 heterocycles. The second-order valence-corrected chi connectivity index (χ2v) is 9.99. The topological polar surface area (TPSA) is 18.8 Å². The average Bonchev–Trinajstić information content (AvgIpc) is 3.01. The van der Waals surface area contributed by atoms with Crippen molar-refractivity contribution in [3.05, 3.63) is 162 Å². The van der Waals surface area contributed by atoms with E-state index in [4.69, 9.17) is 5.10 Å². The van der Waals surface area contributed by atoms with E-state index in [2.05, 4.69) is 146 Å².